The van der Waals surface area contributed by atoms with Gasteiger partial charge in [-0.05, 0) is 18.6 Å². The van der Waals surface area contributed by atoms with E-state index in [2.05, 4.69) is 5.32 Å². The zero-order valence-electron chi connectivity index (χ0n) is 12.0. The van der Waals surface area contributed by atoms with Crippen molar-refractivity contribution in [3.05, 3.63) is 29.6 Å². The maximum atomic E-state index is 13.8. The summed E-state index contributed by atoms with van der Waals surface area (Å²) >= 11 is 0. The second-order valence-electron chi connectivity index (χ2n) is 4.85. The van der Waals surface area contributed by atoms with Gasteiger partial charge in [0.2, 0.25) is 11.8 Å². The van der Waals surface area contributed by atoms with Crippen LogP contribution in [-0.2, 0) is 26.0 Å². The fourth-order valence-electron chi connectivity index (χ4n) is 1.64. The van der Waals surface area contributed by atoms with E-state index in [1.807, 2.05) is 0 Å². The van der Waals surface area contributed by atoms with Crippen LogP contribution in [0.25, 0.3) is 0 Å². The molecule has 1 aromatic carbocycles. The van der Waals surface area contributed by atoms with E-state index in [0.29, 0.717) is 0 Å². The summed E-state index contributed by atoms with van der Waals surface area (Å²) in [5.41, 5.74) is 10.6. The van der Waals surface area contributed by atoms with Crippen molar-refractivity contribution in [2.75, 3.05) is 6.26 Å². The van der Waals surface area contributed by atoms with Crippen LogP contribution in [0.2, 0.25) is 0 Å². The third kappa shape index (κ3) is 5.41. The van der Waals surface area contributed by atoms with E-state index in [-0.39, 0.29) is 29.8 Å². The summed E-state index contributed by atoms with van der Waals surface area (Å²) < 4.78 is 36.4. The van der Waals surface area contributed by atoms with Crippen LogP contribution in [-0.4, -0.2) is 32.5 Å². The van der Waals surface area contributed by atoms with E-state index in [0.717, 1.165) is 12.3 Å². The number of primary amides is 1. The van der Waals surface area contributed by atoms with E-state index >= 15 is 0 Å². The molecular weight excluding hydrogens is 313 g/mol. The first kappa shape index (κ1) is 18.1. The van der Waals surface area contributed by atoms with E-state index in [1.165, 1.54) is 12.1 Å². The Bertz CT molecular complexity index is 676. The average molecular weight is 331 g/mol. The first-order chi connectivity index (χ1) is 10.1. The predicted octanol–water partition coefficient (Wildman–Crippen LogP) is -0.562. The summed E-state index contributed by atoms with van der Waals surface area (Å²) in [4.78, 5) is 22.1. The van der Waals surface area contributed by atoms with E-state index < -0.39 is 33.5 Å². The van der Waals surface area contributed by atoms with Gasteiger partial charge >= 0.3 is 0 Å². The van der Waals surface area contributed by atoms with Gasteiger partial charge in [0.05, 0.1) is 10.9 Å². The van der Waals surface area contributed by atoms with Crippen molar-refractivity contribution in [3.8, 4) is 0 Å². The largest absolute Gasteiger partial charge is 0.370 e. The second-order valence-corrected chi connectivity index (χ2v) is 6.87. The lowest BCUT2D eigenvalue weighted by molar-refractivity contribution is -0.123. The summed E-state index contributed by atoms with van der Waals surface area (Å²) in [6, 6.07) is 2.50. The minimum absolute atomic E-state index is 0.0218. The molecule has 0 unspecified atom stereocenters. The molecule has 0 heterocycles. The Morgan fingerprint density at radius 3 is 2.50 bits per heavy atom. The van der Waals surface area contributed by atoms with E-state index in [9.17, 15) is 22.4 Å². The predicted molar refractivity (Wildman–Crippen MR) is 77.8 cm³/mol. The second kappa shape index (κ2) is 7.32. The van der Waals surface area contributed by atoms with Gasteiger partial charge in [-0.3, -0.25) is 9.59 Å². The number of nitrogens with two attached hydrogens (primary N) is 2. The van der Waals surface area contributed by atoms with Gasteiger partial charge in [0.1, 0.15) is 5.82 Å². The topological polar surface area (TPSA) is 132 Å². The number of nitrogens with one attached hydrogen (secondary N) is 1. The van der Waals surface area contributed by atoms with Gasteiger partial charge < -0.3 is 16.8 Å². The summed E-state index contributed by atoms with van der Waals surface area (Å²) in [5.74, 6) is -1.85. The lowest BCUT2D eigenvalue weighted by atomic mass is 10.1. The van der Waals surface area contributed by atoms with Crippen molar-refractivity contribution < 1.29 is 22.4 Å². The van der Waals surface area contributed by atoms with Crippen molar-refractivity contribution >= 4 is 21.7 Å². The van der Waals surface area contributed by atoms with Gasteiger partial charge in [0.15, 0.2) is 9.84 Å². The van der Waals surface area contributed by atoms with Crippen molar-refractivity contribution in [1.82, 2.24) is 5.32 Å². The molecule has 0 aromatic heterocycles. The smallest absolute Gasteiger partial charge is 0.237 e. The normalized spacial score (nSPS) is 12.7. The zero-order valence-corrected chi connectivity index (χ0v) is 12.8. The van der Waals surface area contributed by atoms with Crippen molar-refractivity contribution in [3.63, 3.8) is 0 Å². The zero-order chi connectivity index (χ0) is 16.9. The molecule has 1 aromatic rings. The molecule has 0 aliphatic heterocycles. The number of sulfone groups is 1. The monoisotopic (exact) mass is 331 g/mol. The van der Waals surface area contributed by atoms with Gasteiger partial charge in [-0.25, -0.2) is 12.8 Å². The Hall–Kier alpha value is -2.00. The van der Waals surface area contributed by atoms with Crippen molar-refractivity contribution in [2.45, 2.75) is 30.3 Å². The maximum absolute atomic E-state index is 13.8. The molecule has 0 bridgehead atoms. The number of halogens is 1. The van der Waals surface area contributed by atoms with Crippen LogP contribution in [0.4, 0.5) is 4.39 Å². The molecule has 5 N–H and O–H groups in total. The molecule has 1 atom stereocenters. The number of hydrogen-bond donors (Lipinski definition) is 3. The quantitative estimate of drug-likeness (QED) is 0.616. The third-order valence-corrected chi connectivity index (χ3v) is 4.05. The Morgan fingerprint density at radius 2 is 2.00 bits per heavy atom. The molecule has 2 amide bonds. The Balaban J connectivity index is 2.65. The Morgan fingerprint density at radius 1 is 1.36 bits per heavy atom. The van der Waals surface area contributed by atoms with Crippen LogP contribution in [0.3, 0.4) is 0 Å². The Labute approximate surface area is 127 Å². The summed E-state index contributed by atoms with van der Waals surface area (Å²) in [6.07, 6.45) is 1.05. The van der Waals surface area contributed by atoms with Crippen LogP contribution < -0.4 is 16.8 Å². The molecule has 9 heteroatoms. The van der Waals surface area contributed by atoms with Crippen molar-refractivity contribution in [2.24, 2.45) is 11.5 Å². The van der Waals surface area contributed by atoms with Gasteiger partial charge in [-0.2, -0.15) is 0 Å². The third-order valence-electron chi connectivity index (χ3n) is 2.94. The highest BCUT2D eigenvalue weighted by molar-refractivity contribution is 7.90. The number of hydrogen-bond acceptors (Lipinski definition) is 5. The number of amides is 2. The molecule has 0 spiro atoms. The molecule has 122 valence electrons. The number of rotatable bonds is 7. The minimum atomic E-state index is -3.49. The highest BCUT2D eigenvalue weighted by Gasteiger charge is 2.15. The lowest BCUT2D eigenvalue weighted by Crippen LogP contribution is -2.40. The molecule has 0 radical (unpaired) electrons. The first-order valence-corrected chi connectivity index (χ1v) is 8.30. The molecule has 0 aliphatic carbocycles. The molecule has 0 saturated carbocycles. The number of carbonyl (C=O) groups excluding carboxylic acids is 2. The number of carbonyl (C=O) groups is 2. The van der Waals surface area contributed by atoms with Crippen LogP contribution in [0.1, 0.15) is 18.4 Å². The van der Waals surface area contributed by atoms with Crippen LogP contribution in [0.5, 0.6) is 0 Å². The van der Waals surface area contributed by atoms with Crippen LogP contribution in [0, 0.1) is 5.82 Å². The molecule has 0 aliphatic rings. The van der Waals surface area contributed by atoms with E-state index in [4.69, 9.17) is 11.5 Å². The number of benzene rings is 1. The van der Waals surface area contributed by atoms with Crippen molar-refractivity contribution in [1.29, 1.82) is 0 Å². The fraction of sp³-hybridized carbons (Fsp3) is 0.385. The highest BCUT2D eigenvalue weighted by Crippen LogP contribution is 2.14. The molecule has 7 nitrogen and oxygen atoms in total. The van der Waals surface area contributed by atoms with Crippen LogP contribution in [0.15, 0.2) is 23.1 Å². The Kier molecular flexibility index (Phi) is 6.01. The molecular formula is C13H18FN3O4S. The SMILES string of the molecule is CS(=O)(=O)c1ccc(CNC(=O)[C@@H](N)CCC(N)=O)c(F)c1. The fourth-order valence-corrected chi connectivity index (χ4v) is 2.28. The van der Waals surface area contributed by atoms with Crippen LogP contribution >= 0.6 is 0 Å². The maximum Gasteiger partial charge on any atom is 0.237 e. The standard InChI is InChI=1S/C13H18FN3O4S/c1-22(20,21)9-3-2-8(10(14)6-9)7-17-13(19)11(15)4-5-12(16)18/h2-3,6,11H,4-5,7,15H2,1H3,(H2,16,18)(H,17,19)/t11-/m0/s1. The van der Waals surface area contributed by atoms with Gasteiger partial charge in [-0.15, -0.1) is 0 Å². The van der Waals surface area contributed by atoms with E-state index in [1.54, 1.807) is 0 Å². The molecule has 0 fully saturated rings. The molecule has 22 heavy (non-hydrogen) atoms. The molecule has 1 rings (SSSR count). The van der Waals surface area contributed by atoms with Gasteiger partial charge in [0, 0.05) is 24.8 Å². The summed E-state index contributed by atoms with van der Waals surface area (Å²) in [5, 5.41) is 2.42. The summed E-state index contributed by atoms with van der Waals surface area (Å²) in [6.45, 7) is -0.140. The van der Waals surface area contributed by atoms with Gasteiger partial charge in [-0.1, -0.05) is 6.07 Å². The molecule has 0 saturated heterocycles. The lowest BCUT2D eigenvalue weighted by Gasteiger charge is -2.12. The average Bonchev–Trinajstić information content (AvgIpc) is 2.41. The highest BCUT2D eigenvalue weighted by atomic mass is 32.2. The minimum Gasteiger partial charge on any atom is -0.370 e. The summed E-state index contributed by atoms with van der Waals surface area (Å²) in [7, 11) is -3.49. The first-order valence-electron chi connectivity index (χ1n) is 6.41. The van der Waals surface area contributed by atoms with Gasteiger partial charge in [0.25, 0.3) is 0 Å².